The average Bonchev–Trinajstić information content (AvgIpc) is 3.35. The second-order valence-corrected chi connectivity index (χ2v) is 9.53. The summed E-state index contributed by atoms with van der Waals surface area (Å²) in [7, 11) is 2.84. The topological polar surface area (TPSA) is 111 Å². The molecule has 0 saturated carbocycles. The summed E-state index contributed by atoms with van der Waals surface area (Å²) in [6.45, 7) is 1.56. The lowest BCUT2D eigenvalue weighted by Crippen LogP contribution is -2.53. The summed E-state index contributed by atoms with van der Waals surface area (Å²) in [4.78, 5) is 51.6. The fourth-order valence-electron chi connectivity index (χ4n) is 5.72. The van der Waals surface area contributed by atoms with Gasteiger partial charge in [-0.2, -0.15) is 13.2 Å². The number of rotatable bonds is 4. The van der Waals surface area contributed by atoms with Gasteiger partial charge in [0.25, 0.3) is 5.56 Å². The van der Waals surface area contributed by atoms with Gasteiger partial charge in [-0.25, -0.2) is 18.5 Å². The van der Waals surface area contributed by atoms with Gasteiger partial charge in [0.2, 0.25) is 0 Å². The van der Waals surface area contributed by atoms with Gasteiger partial charge in [-0.1, -0.05) is 19.1 Å². The largest absolute Gasteiger partial charge is 0.545 e. The number of benzene rings is 2. The molecule has 1 aliphatic carbocycles. The van der Waals surface area contributed by atoms with Crippen LogP contribution in [0.2, 0.25) is 0 Å². The lowest BCUT2D eigenvalue weighted by Gasteiger charge is -2.32. The predicted molar refractivity (Wildman–Crippen MR) is 129 cm³/mol. The number of alkyl halides is 3. The lowest BCUT2D eigenvalue weighted by atomic mass is 9.87. The minimum atomic E-state index is -4.70. The Hall–Kier alpha value is -4.42. The average molecular weight is 545 g/mol. The lowest BCUT2D eigenvalue weighted by molar-refractivity contribution is -0.255. The third-order valence-electron chi connectivity index (χ3n) is 7.69. The molecule has 4 aromatic rings. The molecule has 9 nitrogen and oxygen atoms in total. The van der Waals surface area contributed by atoms with Gasteiger partial charge in [0.1, 0.15) is 5.82 Å². The van der Waals surface area contributed by atoms with Crippen LogP contribution in [-0.4, -0.2) is 24.2 Å². The van der Waals surface area contributed by atoms with E-state index in [2.05, 4.69) is 0 Å². The van der Waals surface area contributed by atoms with Crippen LogP contribution in [0.15, 0.2) is 50.9 Å². The molecule has 0 fully saturated rings. The predicted octanol–water partition coefficient (Wildman–Crippen LogP) is 1.81. The highest BCUT2D eigenvalue weighted by Gasteiger charge is 2.46. The Labute approximate surface area is 216 Å². The molecule has 204 valence electrons. The third kappa shape index (κ3) is 3.59. The maximum Gasteiger partial charge on any atom is 0.416 e. The van der Waals surface area contributed by atoms with Gasteiger partial charge in [0, 0.05) is 26.4 Å². The van der Waals surface area contributed by atoms with Crippen LogP contribution in [0.4, 0.5) is 17.6 Å². The molecule has 2 heterocycles. The zero-order valence-electron chi connectivity index (χ0n) is 20.9. The second-order valence-electron chi connectivity index (χ2n) is 9.53. The number of carbonyl (C=O) groups excluding carboxylic acids is 1. The molecule has 5 rings (SSSR count). The molecule has 1 atom stereocenters. The highest BCUT2D eigenvalue weighted by Crippen LogP contribution is 2.46. The SMILES string of the molecule is CCC1(n2c(=O)c(C(=O)[O-])cn(-c3cc4c(cc3F)n(C)c(=O)n4C)c2=O)CCc2c(C(F)(F)F)cccc21. The number of aromatic nitrogens is 4. The van der Waals surface area contributed by atoms with Crippen LogP contribution < -0.4 is 22.0 Å². The number of halogens is 4. The smallest absolute Gasteiger partial charge is 0.416 e. The quantitative estimate of drug-likeness (QED) is 0.364. The molecule has 0 spiro atoms. The molecule has 1 aliphatic rings. The second kappa shape index (κ2) is 8.55. The molecule has 0 aliphatic heterocycles. The Morgan fingerprint density at radius 2 is 1.69 bits per heavy atom. The minimum Gasteiger partial charge on any atom is -0.545 e. The van der Waals surface area contributed by atoms with Crippen molar-refractivity contribution in [1.29, 1.82) is 0 Å². The number of hydrogen-bond donors (Lipinski definition) is 0. The fourth-order valence-corrected chi connectivity index (χ4v) is 5.72. The molecule has 2 aromatic heterocycles. The molecule has 0 N–H and O–H groups in total. The maximum atomic E-state index is 15.4. The summed E-state index contributed by atoms with van der Waals surface area (Å²) < 4.78 is 60.3. The van der Waals surface area contributed by atoms with E-state index in [1.54, 1.807) is 6.92 Å². The van der Waals surface area contributed by atoms with Crippen molar-refractivity contribution in [2.75, 3.05) is 0 Å². The number of carbonyl (C=O) groups is 1. The summed E-state index contributed by atoms with van der Waals surface area (Å²) in [6.07, 6.45) is -4.34. The number of fused-ring (bicyclic) bond motifs is 2. The highest BCUT2D eigenvalue weighted by atomic mass is 19.4. The highest BCUT2D eigenvalue weighted by molar-refractivity contribution is 5.85. The van der Waals surface area contributed by atoms with E-state index in [1.807, 2.05) is 0 Å². The summed E-state index contributed by atoms with van der Waals surface area (Å²) in [6, 6.07) is 5.58. The van der Waals surface area contributed by atoms with Crippen LogP contribution in [0.1, 0.15) is 46.8 Å². The molecule has 0 saturated heterocycles. The van der Waals surface area contributed by atoms with Crippen molar-refractivity contribution < 1.29 is 27.5 Å². The van der Waals surface area contributed by atoms with Gasteiger partial charge in [-0.15, -0.1) is 0 Å². The van der Waals surface area contributed by atoms with E-state index in [0.717, 1.165) is 24.3 Å². The molecular formula is C26H21F4N4O5-. The number of carboxylic acid groups (broad SMARTS) is 1. The van der Waals surface area contributed by atoms with Crippen molar-refractivity contribution in [2.45, 2.75) is 37.9 Å². The number of hydrogen-bond acceptors (Lipinski definition) is 5. The summed E-state index contributed by atoms with van der Waals surface area (Å²) in [5, 5.41) is 12.0. The van der Waals surface area contributed by atoms with E-state index in [0.29, 0.717) is 15.3 Å². The Kier molecular flexibility index (Phi) is 5.74. The van der Waals surface area contributed by atoms with Crippen molar-refractivity contribution >= 4 is 17.0 Å². The van der Waals surface area contributed by atoms with Crippen LogP contribution in [0.5, 0.6) is 0 Å². The fraction of sp³-hybridized carbons (Fsp3) is 0.308. The van der Waals surface area contributed by atoms with Gasteiger partial charge >= 0.3 is 17.6 Å². The zero-order chi connectivity index (χ0) is 28.6. The standard InChI is InChI=1S/C26H22F4N4O5/c1-4-25(9-8-13-15(25)6-5-7-16(13)26(28,29)30)34-21(35)14(22(36)37)12-33(24(34)39)18-11-20-19(10-17(18)27)31(2)23(38)32(20)3/h5-7,10-12H,4,8-9H2,1-3H3,(H,36,37)/p-1. The van der Waals surface area contributed by atoms with E-state index in [9.17, 15) is 37.5 Å². The molecule has 13 heteroatoms. The Morgan fingerprint density at radius 3 is 2.28 bits per heavy atom. The summed E-state index contributed by atoms with van der Waals surface area (Å²) in [5.74, 6) is -2.96. The van der Waals surface area contributed by atoms with Gasteiger partial charge in [-0.3, -0.25) is 18.5 Å². The van der Waals surface area contributed by atoms with E-state index in [-0.39, 0.29) is 41.4 Å². The van der Waals surface area contributed by atoms with Crippen LogP contribution in [-0.2, 0) is 32.2 Å². The molecule has 1 unspecified atom stereocenters. The third-order valence-corrected chi connectivity index (χ3v) is 7.69. The van der Waals surface area contributed by atoms with E-state index >= 15 is 4.39 Å². The monoisotopic (exact) mass is 545 g/mol. The molecule has 0 amide bonds. The first-order valence-electron chi connectivity index (χ1n) is 11.9. The van der Waals surface area contributed by atoms with Crippen LogP contribution in [0.3, 0.4) is 0 Å². The Bertz CT molecular complexity index is 1880. The van der Waals surface area contributed by atoms with Crippen molar-refractivity contribution in [2.24, 2.45) is 14.1 Å². The Morgan fingerprint density at radius 1 is 1.05 bits per heavy atom. The molecule has 0 bridgehead atoms. The van der Waals surface area contributed by atoms with Gasteiger partial charge < -0.3 is 9.90 Å². The van der Waals surface area contributed by atoms with Crippen molar-refractivity contribution in [3.8, 4) is 5.69 Å². The number of nitrogens with zero attached hydrogens (tertiary/aromatic N) is 4. The maximum absolute atomic E-state index is 15.4. The normalized spacial score (nSPS) is 17.1. The molecule has 2 aromatic carbocycles. The van der Waals surface area contributed by atoms with Crippen LogP contribution in [0.25, 0.3) is 16.7 Å². The first-order chi connectivity index (χ1) is 18.2. The van der Waals surface area contributed by atoms with Crippen molar-refractivity contribution in [3.63, 3.8) is 0 Å². The van der Waals surface area contributed by atoms with Gasteiger partial charge in [0.05, 0.1) is 39.4 Å². The first-order valence-corrected chi connectivity index (χ1v) is 11.9. The van der Waals surface area contributed by atoms with Gasteiger partial charge in [-0.05, 0) is 42.5 Å². The number of imidazole rings is 1. The molecular weight excluding hydrogens is 524 g/mol. The molecule has 39 heavy (non-hydrogen) atoms. The van der Waals surface area contributed by atoms with Crippen molar-refractivity contribution in [3.05, 3.63) is 95.9 Å². The molecule has 0 radical (unpaired) electrons. The number of aromatic carboxylic acids is 1. The summed E-state index contributed by atoms with van der Waals surface area (Å²) >= 11 is 0. The number of carboxylic acids is 1. The summed E-state index contributed by atoms with van der Waals surface area (Å²) in [5.41, 5.74) is -6.56. The minimum absolute atomic E-state index is 0.0400. The Balaban J connectivity index is 1.88. The number of aryl methyl sites for hydroxylation is 2. The van der Waals surface area contributed by atoms with E-state index < -0.39 is 57.3 Å². The zero-order valence-corrected chi connectivity index (χ0v) is 20.9. The van der Waals surface area contributed by atoms with Crippen LogP contribution >= 0.6 is 0 Å². The van der Waals surface area contributed by atoms with E-state index in [1.165, 1.54) is 29.3 Å². The van der Waals surface area contributed by atoms with Crippen LogP contribution in [0, 0.1) is 5.82 Å². The van der Waals surface area contributed by atoms with Crippen molar-refractivity contribution in [1.82, 2.24) is 18.3 Å². The van der Waals surface area contributed by atoms with E-state index in [4.69, 9.17) is 0 Å². The first kappa shape index (κ1) is 26.2. The van der Waals surface area contributed by atoms with Gasteiger partial charge in [0.15, 0.2) is 0 Å².